The van der Waals surface area contributed by atoms with Crippen molar-refractivity contribution >= 4 is 17.4 Å². The maximum Gasteiger partial charge on any atom is 0.152 e. The number of aromatic nitrogens is 2. The fourth-order valence-corrected chi connectivity index (χ4v) is 2.07. The lowest BCUT2D eigenvalue weighted by Gasteiger charge is -2.04. The van der Waals surface area contributed by atoms with Crippen LogP contribution in [0.4, 0.5) is 0 Å². The van der Waals surface area contributed by atoms with Gasteiger partial charge in [0.15, 0.2) is 5.78 Å². The highest BCUT2D eigenvalue weighted by molar-refractivity contribution is 6.31. The van der Waals surface area contributed by atoms with E-state index in [0.717, 1.165) is 23.4 Å². The summed E-state index contributed by atoms with van der Waals surface area (Å²) in [4.78, 5) is 15.6. The van der Waals surface area contributed by atoms with Gasteiger partial charge in [0.1, 0.15) is 0 Å². The minimum atomic E-state index is 0.222. The van der Waals surface area contributed by atoms with E-state index in [4.69, 9.17) is 11.6 Å². The number of carbonyl (C=O) groups is 1. The van der Waals surface area contributed by atoms with E-state index in [1.807, 2.05) is 24.3 Å². The van der Waals surface area contributed by atoms with Crippen LogP contribution in [0.15, 0.2) is 43.0 Å². The van der Waals surface area contributed by atoms with Crippen LogP contribution in [0, 0.1) is 0 Å². The van der Waals surface area contributed by atoms with Crippen LogP contribution in [0.3, 0.4) is 0 Å². The summed E-state index contributed by atoms with van der Waals surface area (Å²) in [5, 5.41) is 0.777. The van der Waals surface area contributed by atoms with Crippen molar-refractivity contribution in [3.05, 3.63) is 53.6 Å². The van der Waals surface area contributed by atoms with E-state index < -0.39 is 0 Å². The Bertz CT molecular complexity index is 508. The zero-order chi connectivity index (χ0) is 12.8. The van der Waals surface area contributed by atoms with Crippen LogP contribution < -0.4 is 0 Å². The minimum absolute atomic E-state index is 0.222. The van der Waals surface area contributed by atoms with E-state index >= 15 is 0 Å². The van der Waals surface area contributed by atoms with E-state index in [9.17, 15) is 4.79 Å². The molecule has 2 aromatic rings. The molecule has 0 fully saturated rings. The Hall–Kier alpha value is -1.61. The molecule has 0 aliphatic rings. The Labute approximate surface area is 111 Å². The van der Waals surface area contributed by atoms with Crippen molar-refractivity contribution in [1.82, 2.24) is 9.55 Å². The highest BCUT2D eigenvalue weighted by Gasteiger charge is 2.04. The number of hydrogen-bond acceptors (Lipinski definition) is 2. The SMILES string of the molecule is O=C(CCCc1ccccc1Cl)Cn1ccnc1. The molecule has 0 bridgehead atoms. The molecule has 0 N–H and O–H groups in total. The average Bonchev–Trinajstić information content (AvgIpc) is 2.84. The summed E-state index contributed by atoms with van der Waals surface area (Å²) in [5.74, 6) is 0.222. The number of ketones is 1. The Kier molecular flexibility index (Phi) is 4.53. The van der Waals surface area contributed by atoms with Crippen molar-refractivity contribution in [2.24, 2.45) is 0 Å². The second-order valence-corrected chi connectivity index (χ2v) is 4.63. The molecule has 0 amide bonds. The molecule has 0 aliphatic heterocycles. The molecule has 18 heavy (non-hydrogen) atoms. The highest BCUT2D eigenvalue weighted by atomic mass is 35.5. The molecule has 0 saturated carbocycles. The number of nitrogens with zero attached hydrogens (tertiary/aromatic N) is 2. The second-order valence-electron chi connectivity index (χ2n) is 4.22. The third-order valence-electron chi connectivity index (χ3n) is 2.78. The van der Waals surface area contributed by atoms with Crippen molar-refractivity contribution in [3.63, 3.8) is 0 Å². The molecule has 1 aromatic carbocycles. The van der Waals surface area contributed by atoms with Crippen molar-refractivity contribution in [1.29, 1.82) is 0 Å². The smallest absolute Gasteiger partial charge is 0.152 e. The van der Waals surface area contributed by atoms with Crippen LogP contribution in [0.5, 0.6) is 0 Å². The maximum absolute atomic E-state index is 11.7. The molecular formula is C14H15ClN2O. The maximum atomic E-state index is 11.7. The topological polar surface area (TPSA) is 34.9 Å². The first-order valence-corrected chi connectivity index (χ1v) is 6.34. The van der Waals surface area contributed by atoms with E-state index in [1.165, 1.54) is 0 Å². The summed E-state index contributed by atoms with van der Waals surface area (Å²) in [5.41, 5.74) is 1.11. The van der Waals surface area contributed by atoms with Gasteiger partial charge in [-0.05, 0) is 24.5 Å². The quantitative estimate of drug-likeness (QED) is 0.802. The minimum Gasteiger partial charge on any atom is -0.330 e. The molecule has 0 spiro atoms. The second kappa shape index (κ2) is 6.36. The summed E-state index contributed by atoms with van der Waals surface area (Å²) in [7, 11) is 0. The van der Waals surface area contributed by atoms with Gasteiger partial charge in [-0.15, -0.1) is 0 Å². The van der Waals surface area contributed by atoms with Gasteiger partial charge in [0.25, 0.3) is 0 Å². The molecule has 4 heteroatoms. The van der Waals surface area contributed by atoms with Gasteiger partial charge in [-0.3, -0.25) is 4.79 Å². The molecule has 3 nitrogen and oxygen atoms in total. The van der Waals surface area contributed by atoms with E-state index in [1.54, 1.807) is 23.3 Å². The normalized spacial score (nSPS) is 10.5. The largest absolute Gasteiger partial charge is 0.330 e. The molecule has 1 aromatic heterocycles. The first-order valence-electron chi connectivity index (χ1n) is 5.96. The van der Waals surface area contributed by atoms with Gasteiger partial charge in [-0.1, -0.05) is 29.8 Å². The summed E-state index contributed by atoms with van der Waals surface area (Å²) in [6.07, 6.45) is 7.38. The predicted octanol–water partition coefficient (Wildman–Crippen LogP) is 3.13. The molecule has 2 rings (SSSR count). The van der Waals surface area contributed by atoms with Crippen molar-refractivity contribution in [2.75, 3.05) is 0 Å². The van der Waals surface area contributed by atoms with Crippen LogP contribution in [-0.2, 0) is 17.8 Å². The van der Waals surface area contributed by atoms with Gasteiger partial charge in [0.05, 0.1) is 12.9 Å². The number of carbonyl (C=O) groups excluding carboxylic acids is 1. The number of Topliss-reactive ketones (excluding diaryl/α,β-unsaturated/α-hetero) is 1. The van der Waals surface area contributed by atoms with Gasteiger partial charge in [0.2, 0.25) is 0 Å². The van der Waals surface area contributed by atoms with Crippen molar-refractivity contribution < 1.29 is 4.79 Å². The summed E-state index contributed by atoms with van der Waals surface area (Å²) in [6.45, 7) is 0.405. The first kappa shape index (κ1) is 12.8. The Morgan fingerprint density at radius 1 is 1.33 bits per heavy atom. The molecule has 0 radical (unpaired) electrons. The third kappa shape index (κ3) is 3.70. The molecule has 1 heterocycles. The van der Waals surface area contributed by atoms with Crippen LogP contribution in [0.1, 0.15) is 18.4 Å². The van der Waals surface area contributed by atoms with Gasteiger partial charge < -0.3 is 4.57 Å². The fraction of sp³-hybridized carbons (Fsp3) is 0.286. The molecule has 0 unspecified atom stereocenters. The summed E-state index contributed by atoms with van der Waals surface area (Å²) in [6, 6.07) is 7.76. The van der Waals surface area contributed by atoms with E-state index in [-0.39, 0.29) is 5.78 Å². The number of hydrogen-bond donors (Lipinski definition) is 0. The highest BCUT2D eigenvalue weighted by Crippen LogP contribution is 2.17. The third-order valence-corrected chi connectivity index (χ3v) is 3.15. The monoisotopic (exact) mass is 262 g/mol. The molecule has 0 aliphatic carbocycles. The number of imidazole rings is 1. The molecule has 94 valence electrons. The fourth-order valence-electron chi connectivity index (χ4n) is 1.84. The first-order chi connectivity index (χ1) is 8.75. The van der Waals surface area contributed by atoms with Crippen LogP contribution in [0.2, 0.25) is 5.02 Å². The van der Waals surface area contributed by atoms with Gasteiger partial charge >= 0.3 is 0 Å². The molecule has 0 saturated heterocycles. The average molecular weight is 263 g/mol. The van der Waals surface area contributed by atoms with Gasteiger partial charge in [0, 0.05) is 23.8 Å². The van der Waals surface area contributed by atoms with Crippen LogP contribution in [-0.4, -0.2) is 15.3 Å². The van der Waals surface area contributed by atoms with E-state index in [0.29, 0.717) is 13.0 Å². The summed E-state index contributed by atoms with van der Waals surface area (Å²) >= 11 is 6.06. The lowest BCUT2D eigenvalue weighted by Crippen LogP contribution is -2.08. The zero-order valence-corrected chi connectivity index (χ0v) is 10.8. The van der Waals surface area contributed by atoms with Gasteiger partial charge in [-0.25, -0.2) is 4.98 Å². The van der Waals surface area contributed by atoms with Crippen LogP contribution >= 0.6 is 11.6 Å². The Morgan fingerprint density at radius 2 is 2.17 bits per heavy atom. The number of benzene rings is 1. The standard InChI is InChI=1S/C14H15ClN2O/c15-14-7-2-1-4-12(14)5-3-6-13(18)10-17-9-8-16-11-17/h1-2,4,7-9,11H,3,5-6,10H2. The number of aryl methyl sites for hydroxylation is 1. The predicted molar refractivity (Wildman–Crippen MR) is 71.6 cm³/mol. The zero-order valence-electron chi connectivity index (χ0n) is 10.1. The molecular weight excluding hydrogens is 248 g/mol. The van der Waals surface area contributed by atoms with Crippen molar-refractivity contribution in [3.8, 4) is 0 Å². The van der Waals surface area contributed by atoms with Crippen molar-refractivity contribution in [2.45, 2.75) is 25.8 Å². The lowest BCUT2D eigenvalue weighted by atomic mass is 10.1. The molecule has 0 atom stereocenters. The number of halogens is 1. The van der Waals surface area contributed by atoms with Crippen LogP contribution in [0.25, 0.3) is 0 Å². The van der Waals surface area contributed by atoms with E-state index in [2.05, 4.69) is 4.98 Å². The lowest BCUT2D eigenvalue weighted by molar-refractivity contribution is -0.119. The Balaban J connectivity index is 1.75. The van der Waals surface area contributed by atoms with Gasteiger partial charge in [-0.2, -0.15) is 0 Å². The Morgan fingerprint density at radius 3 is 2.89 bits per heavy atom. The summed E-state index contributed by atoms with van der Waals surface area (Å²) < 4.78 is 1.79. The number of rotatable bonds is 6.